The minimum atomic E-state index is -3.61. The van der Waals surface area contributed by atoms with Gasteiger partial charge in [-0.3, -0.25) is 4.79 Å². The molecule has 7 nitrogen and oxygen atoms in total. The molecule has 4 rings (SSSR count). The molecule has 0 aromatic heterocycles. The molecule has 0 unspecified atom stereocenters. The Balaban J connectivity index is 1.65. The molecule has 29 heavy (non-hydrogen) atoms. The third-order valence-electron chi connectivity index (χ3n) is 6.23. The van der Waals surface area contributed by atoms with Crippen LogP contribution in [0.2, 0.25) is 0 Å². The van der Waals surface area contributed by atoms with Crippen LogP contribution in [0.4, 0.5) is 11.4 Å². The zero-order valence-corrected chi connectivity index (χ0v) is 17.9. The predicted octanol–water partition coefficient (Wildman–Crippen LogP) is 2.68. The van der Waals surface area contributed by atoms with E-state index < -0.39 is 10.0 Å². The molecule has 0 radical (unpaired) electrons. The number of ether oxygens (including phenoxy) is 1. The van der Waals surface area contributed by atoms with Crippen molar-refractivity contribution in [2.24, 2.45) is 11.8 Å². The molecule has 2 heterocycles. The van der Waals surface area contributed by atoms with Crippen molar-refractivity contribution in [2.75, 3.05) is 49.6 Å². The first-order valence-corrected chi connectivity index (χ1v) is 12.2. The molecule has 8 heteroatoms. The predicted molar refractivity (Wildman–Crippen MR) is 113 cm³/mol. The van der Waals surface area contributed by atoms with Crippen LogP contribution < -0.4 is 10.2 Å². The lowest BCUT2D eigenvalue weighted by Crippen LogP contribution is -2.40. The molecule has 2 aliphatic heterocycles. The number of amides is 1. The second kappa shape index (κ2) is 8.62. The first kappa shape index (κ1) is 20.6. The number of anilines is 2. The van der Waals surface area contributed by atoms with Crippen LogP contribution in [0, 0.1) is 11.8 Å². The van der Waals surface area contributed by atoms with Gasteiger partial charge >= 0.3 is 0 Å². The lowest BCUT2D eigenvalue weighted by Gasteiger charge is -2.28. The normalized spacial score (nSPS) is 26.0. The average Bonchev–Trinajstić information content (AvgIpc) is 3.51. The van der Waals surface area contributed by atoms with E-state index in [0.717, 1.165) is 38.0 Å². The van der Waals surface area contributed by atoms with Gasteiger partial charge in [0.05, 0.1) is 29.5 Å². The van der Waals surface area contributed by atoms with Crippen molar-refractivity contribution >= 4 is 27.3 Å². The molecule has 2 atom stereocenters. The Hall–Kier alpha value is -1.64. The van der Waals surface area contributed by atoms with E-state index >= 15 is 0 Å². The summed E-state index contributed by atoms with van der Waals surface area (Å²) >= 11 is 0. The summed E-state index contributed by atoms with van der Waals surface area (Å²) in [6.07, 6.45) is 5.54. The fourth-order valence-corrected chi connectivity index (χ4v) is 5.65. The molecule has 1 aliphatic carbocycles. The van der Waals surface area contributed by atoms with Gasteiger partial charge in [-0.25, -0.2) is 8.42 Å². The van der Waals surface area contributed by atoms with Gasteiger partial charge in [-0.2, -0.15) is 4.31 Å². The number of hydrogen-bond donors (Lipinski definition) is 1. The monoisotopic (exact) mass is 421 g/mol. The zero-order chi connectivity index (χ0) is 20.4. The highest BCUT2D eigenvalue weighted by Gasteiger charge is 2.39. The van der Waals surface area contributed by atoms with Crippen LogP contribution in [0.15, 0.2) is 23.1 Å². The van der Waals surface area contributed by atoms with E-state index in [2.05, 4.69) is 17.1 Å². The van der Waals surface area contributed by atoms with E-state index in [-0.39, 0.29) is 16.7 Å². The summed E-state index contributed by atoms with van der Waals surface area (Å²) in [6, 6.07) is 5.20. The quantitative estimate of drug-likeness (QED) is 0.791. The van der Waals surface area contributed by atoms with Gasteiger partial charge in [0.1, 0.15) is 0 Å². The second-order valence-corrected chi connectivity index (χ2v) is 10.3. The van der Waals surface area contributed by atoms with Crippen molar-refractivity contribution in [2.45, 2.75) is 43.9 Å². The molecule has 3 aliphatic rings. The third kappa shape index (κ3) is 4.59. The Morgan fingerprint density at radius 3 is 2.34 bits per heavy atom. The fourth-order valence-electron chi connectivity index (χ4n) is 4.21. The molecule has 1 amide bonds. The number of sulfonamides is 1. The van der Waals surface area contributed by atoms with Crippen molar-refractivity contribution in [1.29, 1.82) is 0 Å². The molecule has 1 aromatic carbocycles. The van der Waals surface area contributed by atoms with Crippen LogP contribution in [0.25, 0.3) is 0 Å². The Morgan fingerprint density at radius 2 is 1.72 bits per heavy atom. The largest absolute Gasteiger partial charge is 0.379 e. The maximum absolute atomic E-state index is 13.1. The Kier molecular flexibility index (Phi) is 6.13. The molecule has 1 aromatic rings. The molecular formula is C21H31N3O4S. The van der Waals surface area contributed by atoms with Crippen LogP contribution in [0.3, 0.4) is 0 Å². The molecule has 2 saturated heterocycles. The van der Waals surface area contributed by atoms with Gasteiger partial charge in [0.2, 0.25) is 15.9 Å². The summed E-state index contributed by atoms with van der Waals surface area (Å²) < 4.78 is 33.0. The number of rotatable bonds is 5. The Bertz CT molecular complexity index is 843. The minimum Gasteiger partial charge on any atom is -0.379 e. The highest BCUT2D eigenvalue weighted by Crippen LogP contribution is 2.40. The van der Waals surface area contributed by atoms with Gasteiger partial charge < -0.3 is 15.0 Å². The zero-order valence-electron chi connectivity index (χ0n) is 17.1. The summed E-state index contributed by atoms with van der Waals surface area (Å²) in [5, 5.41) is 3.05. The van der Waals surface area contributed by atoms with Gasteiger partial charge in [0, 0.05) is 32.1 Å². The minimum absolute atomic E-state index is 0.00510. The summed E-state index contributed by atoms with van der Waals surface area (Å²) in [5.41, 5.74) is 1.54. The van der Waals surface area contributed by atoms with Crippen molar-refractivity contribution in [3.63, 3.8) is 0 Å². The van der Waals surface area contributed by atoms with E-state index in [4.69, 9.17) is 4.74 Å². The first-order chi connectivity index (χ1) is 14.0. The first-order valence-electron chi connectivity index (χ1n) is 10.7. The molecule has 1 saturated carbocycles. The maximum Gasteiger partial charge on any atom is 0.243 e. The van der Waals surface area contributed by atoms with E-state index in [0.29, 0.717) is 37.9 Å². The highest BCUT2D eigenvalue weighted by molar-refractivity contribution is 7.89. The van der Waals surface area contributed by atoms with Crippen LogP contribution in [-0.2, 0) is 19.6 Å². The van der Waals surface area contributed by atoms with Crippen molar-refractivity contribution in [3.8, 4) is 0 Å². The summed E-state index contributed by atoms with van der Waals surface area (Å²) in [5.74, 6) is 0.429. The van der Waals surface area contributed by atoms with Gasteiger partial charge in [0.15, 0.2) is 0 Å². The van der Waals surface area contributed by atoms with Crippen molar-refractivity contribution in [1.82, 2.24) is 4.31 Å². The molecule has 1 N–H and O–H groups in total. The number of nitrogens with zero attached hydrogens (tertiary/aromatic N) is 2. The number of hydrogen-bond acceptors (Lipinski definition) is 5. The van der Waals surface area contributed by atoms with E-state index in [1.54, 1.807) is 12.1 Å². The highest BCUT2D eigenvalue weighted by atomic mass is 32.2. The lowest BCUT2D eigenvalue weighted by molar-refractivity contribution is -0.117. The molecular weight excluding hydrogens is 390 g/mol. The van der Waals surface area contributed by atoms with Crippen LogP contribution in [-0.4, -0.2) is 58.0 Å². The number of benzene rings is 1. The number of nitrogens with one attached hydrogen (secondary N) is 1. The van der Waals surface area contributed by atoms with Crippen LogP contribution >= 0.6 is 0 Å². The smallest absolute Gasteiger partial charge is 0.243 e. The number of carbonyl (C=O) groups excluding carboxylic acids is 1. The molecule has 3 fully saturated rings. The van der Waals surface area contributed by atoms with Gasteiger partial charge in [0.25, 0.3) is 0 Å². The fraction of sp³-hybridized carbons (Fsp3) is 0.667. The second-order valence-electron chi connectivity index (χ2n) is 8.41. The topological polar surface area (TPSA) is 79.0 Å². The maximum atomic E-state index is 13.1. The van der Waals surface area contributed by atoms with Gasteiger partial charge in [-0.15, -0.1) is 0 Å². The molecule has 0 spiro atoms. The average molecular weight is 422 g/mol. The van der Waals surface area contributed by atoms with Crippen molar-refractivity contribution < 1.29 is 17.9 Å². The summed E-state index contributed by atoms with van der Waals surface area (Å²) in [4.78, 5) is 15.2. The van der Waals surface area contributed by atoms with E-state index in [1.807, 2.05) is 6.07 Å². The van der Waals surface area contributed by atoms with Gasteiger partial charge in [-0.05, 0) is 43.4 Å². The summed E-state index contributed by atoms with van der Waals surface area (Å²) in [7, 11) is -3.61. The SMILES string of the molecule is C[C@@H]1C[C@@H]1C(=O)Nc1cc(S(=O)(=O)N2CCOCC2)ccc1N1CCCCCC1. The molecule has 0 bridgehead atoms. The van der Waals surface area contributed by atoms with E-state index in [9.17, 15) is 13.2 Å². The van der Waals surface area contributed by atoms with Crippen LogP contribution in [0.5, 0.6) is 0 Å². The van der Waals surface area contributed by atoms with Crippen LogP contribution in [0.1, 0.15) is 39.0 Å². The number of carbonyl (C=O) groups is 1. The van der Waals surface area contributed by atoms with Crippen molar-refractivity contribution in [3.05, 3.63) is 18.2 Å². The molecule has 160 valence electrons. The lowest BCUT2D eigenvalue weighted by atomic mass is 10.2. The summed E-state index contributed by atoms with van der Waals surface area (Å²) in [6.45, 7) is 5.47. The number of morpholine rings is 1. The van der Waals surface area contributed by atoms with E-state index in [1.165, 1.54) is 17.1 Å². The Morgan fingerprint density at radius 1 is 1.07 bits per heavy atom. The van der Waals surface area contributed by atoms with Gasteiger partial charge in [-0.1, -0.05) is 19.8 Å². The standard InChI is InChI=1S/C21H31N3O4S/c1-16-14-18(16)21(25)22-19-15-17(29(26,27)24-10-12-28-13-11-24)6-7-20(19)23-8-4-2-3-5-9-23/h6-7,15-16,18H,2-5,8-14H2,1H3,(H,22,25)/t16-,18+/m1/s1. The Labute approximate surface area is 173 Å². The third-order valence-corrected chi connectivity index (χ3v) is 8.12.